The highest BCUT2D eigenvalue weighted by atomic mass is 16.5. The van der Waals surface area contributed by atoms with Crippen molar-refractivity contribution in [3.63, 3.8) is 0 Å². The number of hydrogen-bond donors (Lipinski definition) is 1. The number of imidazole rings is 1. The third-order valence-electron chi connectivity index (χ3n) is 7.25. The average molecular weight is 483 g/mol. The van der Waals surface area contributed by atoms with Gasteiger partial charge in [0.25, 0.3) is 5.91 Å². The van der Waals surface area contributed by atoms with Crippen LogP contribution in [0.15, 0.2) is 66.9 Å². The molecular weight excluding hydrogens is 448 g/mol. The largest absolute Gasteiger partial charge is 0.495 e. The second-order valence-electron chi connectivity index (χ2n) is 9.58. The molecule has 6 heteroatoms. The van der Waals surface area contributed by atoms with Crippen molar-refractivity contribution < 1.29 is 9.53 Å². The molecule has 0 saturated carbocycles. The number of ether oxygens (including phenoxy) is 1. The maximum atomic E-state index is 13.1. The van der Waals surface area contributed by atoms with Gasteiger partial charge in [-0.2, -0.15) is 0 Å². The Kier molecular flexibility index (Phi) is 6.94. The van der Waals surface area contributed by atoms with Gasteiger partial charge in [0.1, 0.15) is 17.1 Å². The number of nitrogens with one attached hydrogen (secondary N) is 1. The quantitative estimate of drug-likeness (QED) is 0.376. The number of carbonyl (C=O) groups is 1. The topological polar surface area (TPSA) is 58.9 Å². The van der Waals surface area contributed by atoms with E-state index in [9.17, 15) is 4.79 Å². The second kappa shape index (κ2) is 10.4. The van der Waals surface area contributed by atoms with E-state index in [1.165, 1.54) is 29.7 Å². The number of amides is 1. The smallest absolute Gasteiger partial charge is 0.270 e. The molecule has 5 rings (SSSR count). The van der Waals surface area contributed by atoms with Crippen LogP contribution >= 0.6 is 0 Å². The summed E-state index contributed by atoms with van der Waals surface area (Å²) < 4.78 is 7.15. The molecule has 0 atom stereocenters. The molecule has 0 radical (unpaired) electrons. The number of anilines is 1. The first-order chi connectivity index (χ1) is 17.6. The second-order valence-corrected chi connectivity index (χ2v) is 9.58. The van der Waals surface area contributed by atoms with Crippen molar-refractivity contribution >= 4 is 17.2 Å². The average Bonchev–Trinajstić information content (AvgIpc) is 3.30. The van der Waals surface area contributed by atoms with Crippen LogP contribution in [0.2, 0.25) is 0 Å². The molecule has 2 aromatic carbocycles. The van der Waals surface area contributed by atoms with Gasteiger partial charge in [-0.1, -0.05) is 48.9 Å². The van der Waals surface area contributed by atoms with E-state index in [2.05, 4.69) is 70.7 Å². The summed E-state index contributed by atoms with van der Waals surface area (Å²) in [6.07, 6.45) is 4.84. The van der Waals surface area contributed by atoms with Crippen molar-refractivity contribution in [3.8, 4) is 5.75 Å². The summed E-state index contributed by atoms with van der Waals surface area (Å²) in [4.78, 5) is 20.2. The lowest BCUT2D eigenvalue weighted by molar-refractivity contribution is 0.0944. The molecular formula is C30H34N4O2. The van der Waals surface area contributed by atoms with Crippen LogP contribution in [0.3, 0.4) is 0 Å². The zero-order valence-electron chi connectivity index (χ0n) is 21.3. The van der Waals surface area contributed by atoms with Gasteiger partial charge < -0.3 is 15.0 Å². The van der Waals surface area contributed by atoms with E-state index in [4.69, 9.17) is 4.74 Å². The number of benzene rings is 2. The third-order valence-corrected chi connectivity index (χ3v) is 7.25. The predicted molar refractivity (Wildman–Crippen MR) is 144 cm³/mol. The molecule has 0 unspecified atom stereocenters. The van der Waals surface area contributed by atoms with Gasteiger partial charge in [0.2, 0.25) is 0 Å². The number of piperidine rings is 1. The lowest BCUT2D eigenvalue weighted by Crippen LogP contribution is -2.32. The molecule has 1 N–H and O–H groups in total. The molecule has 1 fully saturated rings. The van der Waals surface area contributed by atoms with Gasteiger partial charge in [0.15, 0.2) is 0 Å². The van der Waals surface area contributed by atoms with Crippen LogP contribution in [0, 0.1) is 6.92 Å². The van der Waals surface area contributed by atoms with Crippen molar-refractivity contribution in [1.82, 2.24) is 14.7 Å². The molecule has 2 aromatic heterocycles. The summed E-state index contributed by atoms with van der Waals surface area (Å²) in [7, 11) is 1.62. The number of aryl methyl sites for hydroxylation is 2. The minimum Gasteiger partial charge on any atom is -0.495 e. The monoisotopic (exact) mass is 482 g/mol. The normalized spacial score (nSPS) is 14.2. The Balaban J connectivity index is 1.20. The zero-order valence-corrected chi connectivity index (χ0v) is 21.3. The molecule has 1 saturated heterocycles. The molecule has 1 aliphatic heterocycles. The van der Waals surface area contributed by atoms with E-state index in [0.717, 1.165) is 30.0 Å². The number of pyridine rings is 1. The third kappa shape index (κ3) is 4.94. The fourth-order valence-corrected chi connectivity index (χ4v) is 5.08. The molecule has 3 heterocycles. The summed E-state index contributed by atoms with van der Waals surface area (Å²) in [5, 5.41) is 3.08. The van der Waals surface area contributed by atoms with Crippen LogP contribution in [0.5, 0.6) is 5.75 Å². The van der Waals surface area contributed by atoms with Crippen molar-refractivity contribution in [1.29, 1.82) is 0 Å². The molecule has 36 heavy (non-hydrogen) atoms. The summed E-state index contributed by atoms with van der Waals surface area (Å²) in [6, 6.07) is 21.3. The molecule has 0 spiro atoms. The van der Waals surface area contributed by atoms with E-state index >= 15 is 0 Å². The van der Waals surface area contributed by atoms with E-state index in [1.54, 1.807) is 7.11 Å². The molecule has 186 valence electrons. The Morgan fingerprint density at radius 3 is 2.42 bits per heavy atom. The summed E-state index contributed by atoms with van der Waals surface area (Å²) in [5.41, 5.74) is 7.19. The first-order valence-corrected chi connectivity index (χ1v) is 12.8. The number of rotatable bonds is 7. The van der Waals surface area contributed by atoms with Crippen LogP contribution in [0.4, 0.5) is 5.69 Å². The van der Waals surface area contributed by atoms with Crippen molar-refractivity contribution in [2.24, 2.45) is 0 Å². The fraction of sp³-hybridized carbons (Fsp3) is 0.333. The van der Waals surface area contributed by atoms with Crippen LogP contribution < -0.4 is 15.0 Å². The van der Waals surface area contributed by atoms with E-state index in [1.807, 2.05) is 29.7 Å². The molecule has 4 aromatic rings. The van der Waals surface area contributed by atoms with Crippen molar-refractivity contribution in [2.45, 2.75) is 45.6 Å². The lowest BCUT2D eigenvalue weighted by Gasteiger charge is -2.34. The van der Waals surface area contributed by atoms with Gasteiger partial charge in [-0.05, 0) is 67.5 Å². The van der Waals surface area contributed by atoms with Crippen LogP contribution in [-0.2, 0) is 13.0 Å². The van der Waals surface area contributed by atoms with Gasteiger partial charge in [-0.25, -0.2) is 4.98 Å². The first kappa shape index (κ1) is 23.9. The van der Waals surface area contributed by atoms with Crippen LogP contribution in [-0.4, -0.2) is 35.5 Å². The fourth-order valence-electron chi connectivity index (χ4n) is 5.08. The number of nitrogens with zero attached hydrogens (tertiary/aromatic N) is 3. The summed E-state index contributed by atoms with van der Waals surface area (Å²) in [5.74, 6) is 1.20. The Morgan fingerprint density at radius 2 is 1.75 bits per heavy atom. The van der Waals surface area contributed by atoms with E-state index < -0.39 is 0 Å². The number of carbonyl (C=O) groups excluding carboxylic acids is 1. The number of methoxy groups -OCH3 is 1. The molecule has 1 amide bonds. The first-order valence-electron chi connectivity index (χ1n) is 12.8. The SMILES string of the molecule is CCc1nc2ccc(OC)cn2c1C(=O)NCc1ccc(N2CCC(c3ccc(C)cc3)CC2)cc1. The predicted octanol–water partition coefficient (Wildman–Crippen LogP) is 5.53. The van der Waals surface area contributed by atoms with Gasteiger partial charge >= 0.3 is 0 Å². The highest BCUT2D eigenvalue weighted by Crippen LogP contribution is 2.30. The molecule has 0 bridgehead atoms. The van der Waals surface area contributed by atoms with Crippen molar-refractivity contribution in [2.75, 3.05) is 25.1 Å². The zero-order chi connectivity index (χ0) is 25.1. The Bertz CT molecular complexity index is 1330. The maximum Gasteiger partial charge on any atom is 0.270 e. The lowest BCUT2D eigenvalue weighted by atomic mass is 9.89. The van der Waals surface area contributed by atoms with Crippen LogP contribution in [0.1, 0.15) is 58.6 Å². The van der Waals surface area contributed by atoms with Gasteiger partial charge in [0, 0.05) is 25.3 Å². The van der Waals surface area contributed by atoms with Gasteiger partial charge in [0.05, 0.1) is 19.0 Å². The summed E-state index contributed by atoms with van der Waals surface area (Å²) in [6.45, 7) is 6.74. The van der Waals surface area contributed by atoms with Crippen LogP contribution in [0.25, 0.3) is 5.65 Å². The minimum atomic E-state index is -0.130. The van der Waals surface area contributed by atoms with Gasteiger partial charge in [-0.3, -0.25) is 9.20 Å². The number of hydrogen-bond acceptors (Lipinski definition) is 4. The number of fused-ring (bicyclic) bond motifs is 1. The Morgan fingerprint density at radius 1 is 1.03 bits per heavy atom. The molecule has 1 aliphatic rings. The molecule has 6 nitrogen and oxygen atoms in total. The Labute approximate surface area is 212 Å². The minimum absolute atomic E-state index is 0.130. The van der Waals surface area contributed by atoms with Gasteiger partial charge in [-0.15, -0.1) is 0 Å². The van der Waals surface area contributed by atoms with Crippen molar-refractivity contribution in [3.05, 3.63) is 94.9 Å². The highest BCUT2D eigenvalue weighted by Gasteiger charge is 2.21. The molecule has 0 aliphatic carbocycles. The number of aromatic nitrogens is 2. The summed E-state index contributed by atoms with van der Waals surface area (Å²) >= 11 is 0. The standard InChI is InChI=1S/C30H34N4O2/c1-4-27-29(34-20-26(36-3)13-14-28(34)32-27)30(35)31-19-22-7-11-25(12-8-22)33-17-15-24(16-18-33)23-9-5-21(2)6-10-23/h5-14,20,24H,4,15-19H2,1-3H3,(H,31,35). The highest BCUT2D eigenvalue weighted by molar-refractivity contribution is 5.94. The Hall–Kier alpha value is -3.80. The van der Waals surface area contributed by atoms with E-state index in [0.29, 0.717) is 30.3 Å². The maximum absolute atomic E-state index is 13.1. The van der Waals surface area contributed by atoms with E-state index in [-0.39, 0.29) is 5.91 Å².